The second-order valence-electron chi connectivity index (χ2n) is 7.48. The van der Waals surface area contributed by atoms with Gasteiger partial charge in [-0.05, 0) is 50.9 Å². The Balaban J connectivity index is 1.43. The molecule has 0 unspecified atom stereocenters. The lowest BCUT2D eigenvalue weighted by atomic mass is 9.78. The van der Waals surface area contributed by atoms with Crippen LogP contribution < -0.4 is 5.32 Å². The van der Waals surface area contributed by atoms with Crippen molar-refractivity contribution < 1.29 is 13.7 Å². The molecular weight excluding hydrogens is 330 g/mol. The molecule has 26 heavy (non-hydrogen) atoms. The zero-order chi connectivity index (χ0) is 17.8. The molecule has 1 saturated carbocycles. The highest BCUT2D eigenvalue weighted by molar-refractivity contribution is 5.86. The van der Waals surface area contributed by atoms with Crippen molar-refractivity contribution in [2.75, 3.05) is 13.1 Å². The van der Waals surface area contributed by atoms with E-state index in [0.717, 1.165) is 38.8 Å². The Morgan fingerprint density at radius 1 is 1.12 bits per heavy atom. The Morgan fingerprint density at radius 3 is 2.62 bits per heavy atom. The van der Waals surface area contributed by atoms with Crippen molar-refractivity contribution in [3.63, 3.8) is 0 Å². The standard InChI is InChI=1S/C20H27N3O3/c24-19(20(9-3-1-4-10-20)23-11-5-2-6-12-23)21-15-16-14-18(26-22-16)17-8-7-13-25-17/h7-8,13-14H,1-6,9-12,15H2,(H,21,24). The van der Waals surface area contributed by atoms with Crippen molar-refractivity contribution in [2.24, 2.45) is 0 Å². The van der Waals surface area contributed by atoms with E-state index in [1.807, 2.05) is 18.2 Å². The van der Waals surface area contributed by atoms with Crippen LogP contribution in [0.4, 0.5) is 0 Å². The van der Waals surface area contributed by atoms with E-state index in [2.05, 4.69) is 15.4 Å². The van der Waals surface area contributed by atoms with Crippen molar-refractivity contribution in [3.05, 3.63) is 30.2 Å². The number of likely N-dealkylation sites (tertiary alicyclic amines) is 1. The molecule has 2 aromatic rings. The van der Waals surface area contributed by atoms with E-state index < -0.39 is 0 Å². The first kappa shape index (κ1) is 17.3. The zero-order valence-corrected chi connectivity index (χ0v) is 15.2. The number of piperidine rings is 1. The maximum Gasteiger partial charge on any atom is 0.240 e. The summed E-state index contributed by atoms with van der Waals surface area (Å²) >= 11 is 0. The molecule has 1 N–H and O–H groups in total. The molecule has 2 aromatic heterocycles. The number of aromatic nitrogens is 1. The van der Waals surface area contributed by atoms with E-state index in [1.54, 1.807) is 6.26 Å². The summed E-state index contributed by atoms with van der Waals surface area (Å²) in [6.45, 7) is 2.47. The summed E-state index contributed by atoms with van der Waals surface area (Å²) in [6.07, 6.45) is 10.7. The molecule has 1 aliphatic heterocycles. The van der Waals surface area contributed by atoms with Crippen LogP contribution in [0.25, 0.3) is 11.5 Å². The van der Waals surface area contributed by atoms with Gasteiger partial charge in [-0.25, -0.2) is 0 Å². The van der Waals surface area contributed by atoms with Crippen LogP contribution in [0.5, 0.6) is 0 Å². The summed E-state index contributed by atoms with van der Waals surface area (Å²) < 4.78 is 10.6. The van der Waals surface area contributed by atoms with Gasteiger partial charge in [-0.15, -0.1) is 0 Å². The van der Waals surface area contributed by atoms with Gasteiger partial charge in [0.2, 0.25) is 11.7 Å². The summed E-state index contributed by atoms with van der Waals surface area (Å²) in [6, 6.07) is 5.47. The van der Waals surface area contributed by atoms with Gasteiger partial charge >= 0.3 is 0 Å². The molecule has 4 rings (SSSR count). The van der Waals surface area contributed by atoms with Gasteiger partial charge in [-0.2, -0.15) is 0 Å². The van der Waals surface area contributed by atoms with Crippen molar-refractivity contribution >= 4 is 5.91 Å². The van der Waals surface area contributed by atoms with Crippen molar-refractivity contribution in [1.29, 1.82) is 0 Å². The Bertz CT molecular complexity index is 711. The summed E-state index contributed by atoms with van der Waals surface area (Å²) in [5, 5.41) is 7.19. The largest absolute Gasteiger partial charge is 0.461 e. The van der Waals surface area contributed by atoms with Crippen LogP contribution >= 0.6 is 0 Å². The van der Waals surface area contributed by atoms with E-state index in [4.69, 9.17) is 8.94 Å². The van der Waals surface area contributed by atoms with Gasteiger partial charge in [-0.3, -0.25) is 9.69 Å². The molecule has 140 valence electrons. The number of amides is 1. The quantitative estimate of drug-likeness (QED) is 0.882. The fourth-order valence-electron chi connectivity index (χ4n) is 4.41. The van der Waals surface area contributed by atoms with Gasteiger partial charge in [0.05, 0.1) is 12.8 Å². The maximum absolute atomic E-state index is 13.2. The van der Waals surface area contributed by atoms with E-state index in [1.165, 1.54) is 25.7 Å². The highest BCUT2D eigenvalue weighted by Crippen LogP contribution is 2.36. The fourth-order valence-corrected chi connectivity index (χ4v) is 4.41. The maximum atomic E-state index is 13.2. The van der Waals surface area contributed by atoms with E-state index in [-0.39, 0.29) is 11.4 Å². The Hall–Kier alpha value is -2.08. The molecule has 1 amide bonds. The number of carbonyl (C=O) groups is 1. The normalized spacial score (nSPS) is 20.8. The lowest BCUT2D eigenvalue weighted by Crippen LogP contribution is -2.60. The van der Waals surface area contributed by atoms with Crippen LogP contribution in [0.3, 0.4) is 0 Å². The lowest BCUT2D eigenvalue weighted by Gasteiger charge is -2.46. The molecule has 6 heteroatoms. The Kier molecular flexibility index (Phi) is 5.11. The average Bonchev–Trinajstić information content (AvgIpc) is 3.39. The minimum absolute atomic E-state index is 0.154. The molecule has 0 radical (unpaired) electrons. The summed E-state index contributed by atoms with van der Waals surface area (Å²) in [5.74, 6) is 1.39. The summed E-state index contributed by atoms with van der Waals surface area (Å²) in [7, 11) is 0. The monoisotopic (exact) mass is 357 g/mol. The Labute approximate surface area is 153 Å². The van der Waals surface area contributed by atoms with E-state index >= 15 is 0 Å². The predicted octanol–water partition coefficient (Wildman–Crippen LogP) is 3.74. The third-order valence-corrected chi connectivity index (χ3v) is 5.82. The molecule has 6 nitrogen and oxygen atoms in total. The van der Waals surface area contributed by atoms with Crippen LogP contribution in [0.1, 0.15) is 57.1 Å². The third-order valence-electron chi connectivity index (χ3n) is 5.82. The van der Waals surface area contributed by atoms with Crippen LogP contribution in [0, 0.1) is 0 Å². The molecule has 2 fully saturated rings. The summed E-state index contributed by atoms with van der Waals surface area (Å²) in [4.78, 5) is 15.6. The number of carbonyl (C=O) groups excluding carboxylic acids is 1. The van der Waals surface area contributed by atoms with E-state index in [0.29, 0.717) is 23.8 Å². The lowest BCUT2D eigenvalue weighted by molar-refractivity contribution is -0.137. The van der Waals surface area contributed by atoms with E-state index in [9.17, 15) is 4.79 Å². The van der Waals surface area contributed by atoms with Gasteiger partial charge in [0.1, 0.15) is 11.2 Å². The molecular formula is C20H27N3O3. The SMILES string of the molecule is O=C(NCc1cc(-c2ccco2)on1)C1(N2CCCCC2)CCCCC1. The van der Waals surface area contributed by atoms with Gasteiger partial charge < -0.3 is 14.3 Å². The third kappa shape index (κ3) is 3.43. The average molecular weight is 357 g/mol. The smallest absolute Gasteiger partial charge is 0.240 e. The molecule has 0 bridgehead atoms. The van der Waals surface area contributed by atoms with Crippen molar-refractivity contribution in [3.8, 4) is 11.5 Å². The first-order chi connectivity index (χ1) is 12.8. The zero-order valence-electron chi connectivity index (χ0n) is 15.2. The second kappa shape index (κ2) is 7.66. The van der Waals surface area contributed by atoms with Gasteiger partial charge in [0.25, 0.3) is 0 Å². The van der Waals surface area contributed by atoms with Crippen molar-refractivity contribution in [1.82, 2.24) is 15.4 Å². The fraction of sp³-hybridized carbons (Fsp3) is 0.600. The van der Waals surface area contributed by atoms with Crippen molar-refractivity contribution in [2.45, 2.75) is 63.5 Å². The topological polar surface area (TPSA) is 71.5 Å². The molecule has 1 saturated heterocycles. The highest BCUT2D eigenvalue weighted by atomic mass is 16.5. The predicted molar refractivity (Wildman–Crippen MR) is 97.3 cm³/mol. The van der Waals surface area contributed by atoms with Crippen LogP contribution in [-0.2, 0) is 11.3 Å². The molecule has 2 aliphatic rings. The van der Waals surface area contributed by atoms with Gasteiger partial charge in [0, 0.05) is 6.07 Å². The molecule has 1 aliphatic carbocycles. The number of nitrogens with one attached hydrogen (secondary N) is 1. The Morgan fingerprint density at radius 2 is 1.88 bits per heavy atom. The molecule has 0 spiro atoms. The van der Waals surface area contributed by atoms with Gasteiger partial charge in [0.15, 0.2) is 5.76 Å². The first-order valence-corrected chi connectivity index (χ1v) is 9.81. The molecule has 0 aromatic carbocycles. The minimum Gasteiger partial charge on any atom is -0.461 e. The summed E-state index contributed by atoms with van der Waals surface area (Å²) in [5.41, 5.74) is 0.390. The first-order valence-electron chi connectivity index (χ1n) is 9.81. The minimum atomic E-state index is -0.327. The second-order valence-corrected chi connectivity index (χ2v) is 7.48. The number of nitrogens with zero attached hydrogens (tertiary/aromatic N) is 2. The highest BCUT2D eigenvalue weighted by Gasteiger charge is 2.44. The van der Waals surface area contributed by atoms with Gasteiger partial charge in [-0.1, -0.05) is 30.8 Å². The number of rotatable bonds is 5. The van der Waals surface area contributed by atoms with Crippen LogP contribution in [0.15, 0.2) is 33.4 Å². The molecule has 3 heterocycles. The number of hydrogen-bond acceptors (Lipinski definition) is 5. The van der Waals surface area contributed by atoms with Crippen LogP contribution in [0.2, 0.25) is 0 Å². The number of hydrogen-bond donors (Lipinski definition) is 1. The number of furan rings is 1. The molecule has 0 atom stereocenters. The van der Waals surface area contributed by atoms with Crippen LogP contribution in [-0.4, -0.2) is 34.6 Å².